The number of benzene rings is 2. The zero-order chi connectivity index (χ0) is 15.0. The predicted octanol–water partition coefficient (Wildman–Crippen LogP) is 3.48. The maximum Gasteiger partial charge on any atom is 0.323 e. The second-order valence-corrected chi connectivity index (χ2v) is 6.50. The van der Waals surface area contributed by atoms with Crippen molar-refractivity contribution in [2.45, 2.75) is 0 Å². The number of nitrogens with one attached hydrogen (secondary N) is 3. The highest BCUT2D eigenvalue weighted by Crippen LogP contribution is 2.21. The summed E-state index contributed by atoms with van der Waals surface area (Å²) in [6.07, 6.45) is 0. The smallest absolute Gasteiger partial charge is 0.322 e. The van der Waals surface area contributed by atoms with E-state index in [1.165, 1.54) is 0 Å². The number of halogens is 2. The summed E-state index contributed by atoms with van der Waals surface area (Å²) < 4.78 is 1.71. The molecule has 1 amide bonds. The third kappa shape index (κ3) is 3.03. The zero-order valence-electron chi connectivity index (χ0n) is 10.5. The Morgan fingerprint density at radius 3 is 2.67 bits per heavy atom. The minimum absolute atomic E-state index is 0.196. The highest BCUT2D eigenvalue weighted by atomic mass is 127. The summed E-state index contributed by atoms with van der Waals surface area (Å²) in [4.78, 5) is 28.9. The molecule has 2 aromatic carbocycles. The molecule has 0 aliphatic carbocycles. The van der Waals surface area contributed by atoms with Gasteiger partial charge in [0.1, 0.15) is 0 Å². The topological polar surface area (TPSA) is 77.8 Å². The number of carbonyl (C=O) groups is 1. The van der Waals surface area contributed by atoms with Crippen molar-refractivity contribution in [3.05, 3.63) is 60.5 Å². The number of hydrogen-bond donors (Lipinski definition) is 3. The van der Waals surface area contributed by atoms with E-state index in [1.54, 1.807) is 24.3 Å². The van der Waals surface area contributed by atoms with E-state index in [0.29, 0.717) is 22.3 Å². The van der Waals surface area contributed by atoms with Crippen molar-refractivity contribution in [3.63, 3.8) is 0 Å². The Labute approximate surface area is 141 Å². The maximum absolute atomic E-state index is 12.3. The molecule has 0 spiro atoms. The maximum atomic E-state index is 12.3. The van der Waals surface area contributed by atoms with Gasteiger partial charge >= 0.3 is 5.69 Å². The summed E-state index contributed by atoms with van der Waals surface area (Å²) in [6, 6.07) is 10.7. The molecule has 0 atom stereocenters. The van der Waals surface area contributed by atoms with Crippen LogP contribution in [0.1, 0.15) is 10.4 Å². The van der Waals surface area contributed by atoms with E-state index in [4.69, 9.17) is 0 Å². The summed E-state index contributed by atoms with van der Waals surface area (Å²) in [6.45, 7) is 0. The Bertz CT molecular complexity index is 901. The lowest BCUT2D eigenvalue weighted by Gasteiger charge is -2.07. The first-order valence-corrected chi connectivity index (χ1v) is 7.88. The van der Waals surface area contributed by atoms with Crippen LogP contribution in [0.4, 0.5) is 5.69 Å². The van der Waals surface area contributed by atoms with Gasteiger partial charge in [-0.2, -0.15) is 0 Å². The molecule has 0 saturated carbocycles. The van der Waals surface area contributed by atoms with Crippen LogP contribution in [0.2, 0.25) is 0 Å². The Kier molecular flexibility index (Phi) is 3.85. The highest BCUT2D eigenvalue weighted by Gasteiger charge is 2.11. The van der Waals surface area contributed by atoms with Crippen molar-refractivity contribution in [2.75, 3.05) is 5.32 Å². The van der Waals surface area contributed by atoms with Crippen molar-refractivity contribution in [1.82, 2.24) is 9.97 Å². The van der Waals surface area contributed by atoms with Gasteiger partial charge in [-0.25, -0.2) is 4.79 Å². The molecule has 0 aliphatic rings. The van der Waals surface area contributed by atoms with Gasteiger partial charge in [-0.05, 0) is 59.0 Å². The van der Waals surface area contributed by atoms with Crippen LogP contribution in [0.5, 0.6) is 0 Å². The van der Waals surface area contributed by atoms with E-state index < -0.39 is 0 Å². The summed E-state index contributed by atoms with van der Waals surface area (Å²) in [5.74, 6) is -0.196. The van der Waals surface area contributed by atoms with Crippen molar-refractivity contribution >= 4 is 61.1 Å². The number of imidazole rings is 1. The van der Waals surface area contributed by atoms with Gasteiger partial charge in [-0.15, -0.1) is 0 Å². The number of aromatic nitrogens is 2. The third-order valence-corrected chi connectivity index (χ3v) is 4.38. The molecule has 7 heteroatoms. The molecule has 5 nitrogen and oxygen atoms in total. The number of amides is 1. The van der Waals surface area contributed by atoms with Crippen LogP contribution in [0.25, 0.3) is 11.0 Å². The molecule has 3 N–H and O–H groups in total. The minimum atomic E-state index is -0.269. The van der Waals surface area contributed by atoms with Crippen LogP contribution in [-0.4, -0.2) is 15.9 Å². The minimum Gasteiger partial charge on any atom is -0.322 e. The van der Waals surface area contributed by atoms with Crippen molar-refractivity contribution in [3.8, 4) is 0 Å². The van der Waals surface area contributed by atoms with Crippen LogP contribution < -0.4 is 11.0 Å². The lowest BCUT2D eigenvalue weighted by atomic mass is 10.2. The summed E-state index contributed by atoms with van der Waals surface area (Å²) in [7, 11) is 0. The fourth-order valence-electron chi connectivity index (χ4n) is 1.98. The molecule has 0 fully saturated rings. The van der Waals surface area contributed by atoms with E-state index in [2.05, 4.69) is 53.8 Å². The molecule has 21 heavy (non-hydrogen) atoms. The molecule has 1 aromatic heterocycles. The lowest BCUT2D eigenvalue weighted by Crippen LogP contribution is -2.13. The molecule has 0 bridgehead atoms. The van der Waals surface area contributed by atoms with E-state index in [9.17, 15) is 9.59 Å². The first kappa shape index (κ1) is 14.3. The molecule has 1 heterocycles. The van der Waals surface area contributed by atoms with Gasteiger partial charge in [0.15, 0.2) is 0 Å². The average Bonchev–Trinajstić information content (AvgIpc) is 2.80. The number of aromatic amines is 2. The van der Waals surface area contributed by atoms with Crippen molar-refractivity contribution in [2.24, 2.45) is 0 Å². The van der Waals surface area contributed by atoms with Crippen molar-refractivity contribution < 1.29 is 4.79 Å². The normalized spacial score (nSPS) is 10.8. The number of hydrogen-bond acceptors (Lipinski definition) is 2. The molecule has 0 radical (unpaired) electrons. The molecule has 3 aromatic rings. The van der Waals surface area contributed by atoms with Gasteiger partial charge in [-0.3, -0.25) is 4.79 Å². The number of H-pyrrole nitrogens is 2. The summed E-state index contributed by atoms with van der Waals surface area (Å²) >= 11 is 5.48. The van der Waals surface area contributed by atoms with Gasteiger partial charge in [0.25, 0.3) is 5.91 Å². The second kappa shape index (κ2) is 5.64. The van der Waals surface area contributed by atoms with E-state index in [1.807, 2.05) is 12.1 Å². The second-order valence-electron chi connectivity index (χ2n) is 4.42. The van der Waals surface area contributed by atoms with Gasteiger partial charge in [0.2, 0.25) is 0 Å². The average molecular weight is 458 g/mol. The van der Waals surface area contributed by atoms with Crippen molar-refractivity contribution in [1.29, 1.82) is 0 Å². The monoisotopic (exact) mass is 457 g/mol. The van der Waals surface area contributed by atoms with Gasteiger partial charge < -0.3 is 15.3 Å². The Hall–Kier alpha value is -1.61. The van der Waals surface area contributed by atoms with E-state index in [0.717, 1.165) is 8.04 Å². The molecule has 106 valence electrons. The molecule has 0 saturated heterocycles. The first-order valence-electron chi connectivity index (χ1n) is 6.01. The van der Waals surface area contributed by atoms with Crippen LogP contribution in [0.3, 0.4) is 0 Å². The van der Waals surface area contributed by atoms with E-state index in [-0.39, 0.29) is 11.6 Å². The molecule has 3 rings (SSSR count). The number of rotatable bonds is 2. The molecular formula is C14H9BrIN3O2. The lowest BCUT2D eigenvalue weighted by molar-refractivity contribution is 0.102. The number of fused-ring (bicyclic) bond motifs is 1. The van der Waals surface area contributed by atoms with Gasteiger partial charge in [0.05, 0.1) is 16.6 Å². The van der Waals surface area contributed by atoms with Crippen LogP contribution in [0.15, 0.2) is 45.7 Å². The van der Waals surface area contributed by atoms with E-state index >= 15 is 0 Å². The SMILES string of the molecule is O=C(Nc1ccc2[nH]c(=O)[nH]c2c1)c1cc(Br)ccc1I. The summed E-state index contributed by atoms with van der Waals surface area (Å²) in [5.41, 5.74) is 2.30. The van der Waals surface area contributed by atoms with Gasteiger partial charge in [0, 0.05) is 13.7 Å². The standard InChI is InChI=1S/C14H9BrIN3O2/c15-7-1-3-10(16)9(5-7)13(20)17-8-2-4-11-12(6-8)19-14(21)18-11/h1-6H,(H,17,20)(H2,18,19,21). The number of anilines is 1. The quantitative estimate of drug-likeness (QED) is 0.515. The Morgan fingerprint density at radius 1 is 1.10 bits per heavy atom. The Balaban J connectivity index is 1.92. The van der Waals surface area contributed by atoms with Crippen LogP contribution in [0, 0.1) is 3.57 Å². The molecular weight excluding hydrogens is 449 g/mol. The zero-order valence-corrected chi connectivity index (χ0v) is 14.3. The fourth-order valence-corrected chi connectivity index (χ4v) is 2.92. The largest absolute Gasteiger partial charge is 0.323 e. The first-order chi connectivity index (χ1) is 10.0. The number of carbonyl (C=O) groups excluding carboxylic acids is 1. The van der Waals surface area contributed by atoms with Crippen LogP contribution >= 0.6 is 38.5 Å². The summed E-state index contributed by atoms with van der Waals surface area (Å²) in [5, 5.41) is 2.83. The third-order valence-electron chi connectivity index (χ3n) is 2.95. The van der Waals surface area contributed by atoms with Gasteiger partial charge in [-0.1, -0.05) is 15.9 Å². The predicted molar refractivity (Wildman–Crippen MR) is 93.7 cm³/mol. The molecule has 0 unspecified atom stereocenters. The van der Waals surface area contributed by atoms with Crippen LogP contribution in [-0.2, 0) is 0 Å². The fraction of sp³-hybridized carbons (Fsp3) is 0. The molecule has 0 aliphatic heterocycles. The highest BCUT2D eigenvalue weighted by molar-refractivity contribution is 14.1. The Morgan fingerprint density at radius 2 is 1.86 bits per heavy atom.